The van der Waals surface area contributed by atoms with Crippen LogP contribution in [0.15, 0.2) is 16.6 Å². The SMILES string of the molecule is COC(=O)c1ccc(N2CC(Cl)CC2=O)c(Br)c1C. The predicted molar refractivity (Wildman–Crippen MR) is 76.8 cm³/mol. The predicted octanol–water partition coefficient (Wildman–Crippen LogP) is 2.89. The maximum absolute atomic E-state index is 11.9. The molecule has 4 nitrogen and oxygen atoms in total. The molecule has 1 amide bonds. The van der Waals surface area contributed by atoms with E-state index in [0.717, 1.165) is 15.7 Å². The van der Waals surface area contributed by atoms with Crippen molar-refractivity contribution in [3.8, 4) is 0 Å². The molecule has 102 valence electrons. The summed E-state index contributed by atoms with van der Waals surface area (Å²) in [5.41, 5.74) is 1.96. The van der Waals surface area contributed by atoms with E-state index >= 15 is 0 Å². The van der Waals surface area contributed by atoms with E-state index < -0.39 is 5.97 Å². The van der Waals surface area contributed by atoms with Gasteiger partial charge in [-0.2, -0.15) is 0 Å². The lowest BCUT2D eigenvalue weighted by atomic mass is 10.1. The third kappa shape index (κ3) is 2.62. The number of hydrogen-bond acceptors (Lipinski definition) is 3. The number of hydrogen-bond donors (Lipinski definition) is 0. The first-order valence-electron chi connectivity index (χ1n) is 5.77. The molecule has 0 aliphatic carbocycles. The summed E-state index contributed by atoms with van der Waals surface area (Å²) in [6.45, 7) is 2.29. The largest absolute Gasteiger partial charge is 0.465 e. The van der Waals surface area contributed by atoms with E-state index in [1.807, 2.05) is 0 Å². The standard InChI is InChI=1S/C13H13BrClNO3/c1-7-9(13(18)19-2)3-4-10(12(7)14)16-6-8(15)5-11(16)17/h3-4,8H,5-6H2,1-2H3. The Morgan fingerprint density at radius 3 is 2.74 bits per heavy atom. The van der Waals surface area contributed by atoms with Crippen molar-refractivity contribution in [2.24, 2.45) is 0 Å². The zero-order chi connectivity index (χ0) is 14.2. The summed E-state index contributed by atoms with van der Waals surface area (Å²) in [7, 11) is 1.34. The van der Waals surface area contributed by atoms with Crippen LogP contribution >= 0.6 is 27.5 Å². The number of esters is 1. The van der Waals surface area contributed by atoms with E-state index in [2.05, 4.69) is 15.9 Å². The van der Waals surface area contributed by atoms with E-state index in [1.54, 1.807) is 24.0 Å². The first-order chi connectivity index (χ1) is 8.95. The fourth-order valence-electron chi connectivity index (χ4n) is 2.11. The van der Waals surface area contributed by atoms with Crippen molar-refractivity contribution in [1.82, 2.24) is 0 Å². The molecule has 1 saturated heterocycles. The number of nitrogens with zero attached hydrogens (tertiary/aromatic N) is 1. The van der Waals surface area contributed by atoms with Crippen molar-refractivity contribution >= 4 is 45.1 Å². The van der Waals surface area contributed by atoms with Crippen LogP contribution in [-0.4, -0.2) is 30.9 Å². The van der Waals surface area contributed by atoms with Crippen LogP contribution in [0.3, 0.4) is 0 Å². The van der Waals surface area contributed by atoms with Gasteiger partial charge in [0, 0.05) is 17.4 Å². The van der Waals surface area contributed by atoms with Crippen molar-refractivity contribution in [2.75, 3.05) is 18.6 Å². The van der Waals surface area contributed by atoms with Crippen molar-refractivity contribution in [2.45, 2.75) is 18.7 Å². The molecule has 19 heavy (non-hydrogen) atoms. The monoisotopic (exact) mass is 345 g/mol. The van der Waals surface area contributed by atoms with Gasteiger partial charge in [0.05, 0.1) is 23.7 Å². The highest BCUT2D eigenvalue weighted by Gasteiger charge is 2.31. The summed E-state index contributed by atoms with van der Waals surface area (Å²) in [5, 5.41) is -0.167. The van der Waals surface area contributed by atoms with Gasteiger partial charge in [0.15, 0.2) is 0 Å². The van der Waals surface area contributed by atoms with Crippen LogP contribution in [0.1, 0.15) is 22.3 Å². The van der Waals surface area contributed by atoms with Crippen LogP contribution in [-0.2, 0) is 9.53 Å². The smallest absolute Gasteiger partial charge is 0.338 e. The summed E-state index contributed by atoms with van der Waals surface area (Å²) >= 11 is 9.44. The first-order valence-corrected chi connectivity index (χ1v) is 7.00. The Bertz CT molecular complexity index is 547. The third-order valence-electron chi connectivity index (χ3n) is 3.14. The van der Waals surface area contributed by atoms with Gasteiger partial charge in [0.2, 0.25) is 5.91 Å². The van der Waals surface area contributed by atoms with Gasteiger partial charge in [-0.25, -0.2) is 4.79 Å². The molecule has 0 radical (unpaired) electrons. The topological polar surface area (TPSA) is 46.6 Å². The minimum absolute atomic E-state index is 0.00841. The quantitative estimate of drug-likeness (QED) is 0.611. The van der Waals surface area contributed by atoms with Gasteiger partial charge in [-0.3, -0.25) is 4.79 Å². The van der Waals surface area contributed by atoms with Crippen molar-refractivity contribution < 1.29 is 14.3 Å². The molecule has 0 spiro atoms. The highest BCUT2D eigenvalue weighted by Crippen LogP contribution is 2.35. The number of methoxy groups -OCH3 is 1. The maximum atomic E-state index is 11.9. The van der Waals surface area contributed by atoms with E-state index in [4.69, 9.17) is 16.3 Å². The van der Waals surface area contributed by atoms with Gasteiger partial charge in [-0.1, -0.05) is 0 Å². The number of alkyl halides is 1. The van der Waals surface area contributed by atoms with Gasteiger partial charge in [0.1, 0.15) is 0 Å². The van der Waals surface area contributed by atoms with Gasteiger partial charge in [-0.15, -0.1) is 11.6 Å². The second-order valence-corrected chi connectivity index (χ2v) is 5.78. The average molecular weight is 347 g/mol. The fraction of sp³-hybridized carbons (Fsp3) is 0.385. The van der Waals surface area contributed by atoms with E-state index in [0.29, 0.717) is 18.5 Å². The summed E-state index contributed by atoms with van der Waals surface area (Å²) in [6, 6.07) is 3.40. The lowest BCUT2D eigenvalue weighted by molar-refractivity contribution is -0.117. The van der Waals surface area contributed by atoms with Gasteiger partial charge >= 0.3 is 5.97 Å². The second-order valence-electron chi connectivity index (χ2n) is 4.37. The number of carbonyl (C=O) groups is 2. The highest BCUT2D eigenvalue weighted by molar-refractivity contribution is 9.10. The number of amides is 1. The van der Waals surface area contributed by atoms with Crippen molar-refractivity contribution in [3.63, 3.8) is 0 Å². The Labute approximate surface area is 124 Å². The highest BCUT2D eigenvalue weighted by atomic mass is 79.9. The van der Waals surface area contributed by atoms with E-state index in [1.165, 1.54) is 7.11 Å². The van der Waals surface area contributed by atoms with Crippen LogP contribution in [0, 0.1) is 6.92 Å². The third-order valence-corrected chi connectivity index (χ3v) is 4.43. The van der Waals surface area contributed by atoms with Crippen LogP contribution in [0.5, 0.6) is 0 Å². The summed E-state index contributed by atoms with van der Waals surface area (Å²) in [4.78, 5) is 25.1. The molecule has 0 bridgehead atoms. The number of ether oxygens (including phenoxy) is 1. The number of carbonyl (C=O) groups excluding carboxylic acids is 2. The summed E-state index contributed by atoms with van der Waals surface area (Å²) < 4.78 is 5.43. The van der Waals surface area contributed by atoms with Crippen LogP contribution in [0.2, 0.25) is 0 Å². The van der Waals surface area contributed by atoms with Crippen LogP contribution < -0.4 is 4.90 Å². The Morgan fingerprint density at radius 1 is 1.53 bits per heavy atom. The maximum Gasteiger partial charge on any atom is 0.338 e. The molecule has 6 heteroatoms. The molecule has 1 aliphatic heterocycles. The number of benzene rings is 1. The number of anilines is 1. The molecule has 0 saturated carbocycles. The lowest BCUT2D eigenvalue weighted by Gasteiger charge is -2.19. The van der Waals surface area contributed by atoms with Crippen LogP contribution in [0.4, 0.5) is 5.69 Å². The minimum atomic E-state index is -0.396. The Balaban J connectivity index is 2.42. The second kappa shape index (κ2) is 5.51. The van der Waals surface area contributed by atoms with Gasteiger partial charge < -0.3 is 9.64 Å². The molecule has 1 aliphatic rings. The molecule has 1 fully saturated rings. The zero-order valence-corrected chi connectivity index (χ0v) is 12.9. The number of rotatable bonds is 2. The van der Waals surface area contributed by atoms with Gasteiger partial charge in [0.25, 0.3) is 0 Å². The Morgan fingerprint density at radius 2 is 2.21 bits per heavy atom. The average Bonchev–Trinajstić information content (AvgIpc) is 2.71. The molecule has 1 aromatic rings. The molecule has 0 N–H and O–H groups in total. The lowest BCUT2D eigenvalue weighted by Crippen LogP contribution is -2.25. The summed E-state index contributed by atoms with van der Waals surface area (Å²) in [6.07, 6.45) is 0.339. The van der Waals surface area contributed by atoms with E-state index in [9.17, 15) is 9.59 Å². The number of halogens is 2. The van der Waals surface area contributed by atoms with Crippen molar-refractivity contribution in [3.05, 3.63) is 27.7 Å². The zero-order valence-electron chi connectivity index (χ0n) is 10.6. The first kappa shape index (κ1) is 14.3. The molecule has 1 aromatic carbocycles. The van der Waals surface area contributed by atoms with Crippen molar-refractivity contribution in [1.29, 1.82) is 0 Å². The summed E-state index contributed by atoms with van der Waals surface area (Å²) in [5.74, 6) is -0.404. The molecule has 1 unspecified atom stereocenters. The van der Waals surface area contributed by atoms with E-state index in [-0.39, 0.29) is 11.3 Å². The van der Waals surface area contributed by atoms with Gasteiger partial charge in [-0.05, 0) is 40.5 Å². The molecule has 0 aromatic heterocycles. The molecular formula is C13H13BrClNO3. The molecule has 1 heterocycles. The Hall–Kier alpha value is -1.07. The minimum Gasteiger partial charge on any atom is -0.465 e. The normalized spacial score (nSPS) is 18.8. The Kier molecular flexibility index (Phi) is 4.16. The molecule has 1 atom stereocenters. The fourth-order valence-corrected chi connectivity index (χ4v) is 2.94. The molecule has 2 rings (SSSR count). The molecular weight excluding hydrogens is 334 g/mol. The van der Waals surface area contributed by atoms with Crippen LogP contribution in [0.25, 0.3) is 0 Å².